The third-order valence-electron chi connectivity index (χ3n) is 3.27. The van der Waals surface area contributed by atoms with Crippen molar-refractivity contribution in [2.75, 3.05) is 33.4 Å². The van der Waals surface area contributed by atoms with E-state index in [-0.39, 0.29) is 19.3 Å². The quantitative estimate of drug-likeness (QED) is 0.576. The summed E-state index contributed by atoms with van der Waals surface area (Å²) in [6.07, 6.45) is 5.03. The van der Waals surface area contributed by atoms with Gasteiger partial charge < -0.3 is 20.4 Å². The lowest BCUT2D eigenvalue weighted by Crippen LogP contribution is -2.41. The van der Waals surface area contributed by atoms with E-state index < -0.39 is 0 Å². The highest BCUT2D eigenvalue weighted by Gasteiger charge is 2.18. The molecule has 0 amide bonds. The lowest BCUT2D eigenvalue weighted by atomic mass is 10.00. The van der Waals surface area contributed by atoms with Gasteiger partial charge in [0, 0.05) is 6.04 Å². The number of nitrogens with one attached hydrogen (secondary N) is 1. The summed E-state index contributed by atoms with van der Waals surface area (Å²) in [6, 6.07) is 0.517. The van der Waals surface area contributed by atoms with Crippen molar-refractivity contribution in [1.82, 2.24) is 10.2 Å². The van der Waals surface area contributed by atoms with Gasteiger partial charge in [-0.15, -0.1) is 0 Å². The highest BCUT2D eigenvalue weighted by molar-refractivity contribution is 4.75. The molecule has 0 bridgehead atoms. The molecule has 15 heavy (non-hydrogen) atoms. The van der Waals surface area contributed by atoms with Crippen molar-refractivity contribution < 1.29 is 10.2 Å². The number of hydrogen-bond acceptors (Lipinski definition) is 4. The van der Waals surface area contributed by atoms with Crippen LogP contribution in [0.2, 0.25) is 0 Å². The van der Waals surface area contributed by atoms with Crippen LogP contribution in [0, 0.1) is 0 Å². The highest BCUT2D eigenvalue weighted by atomic mass is 16.3. The molecule has 0 spiro atoms. The third kappa shape index (κ3) is 4.47. The maximum absolute atomic E-state index is 8.88. The van der Waals surface area contributed by atoms with Crippen molar-refractivity contribution in [3.8, 4) is 0 Å². The van der Waals surface area contributed by atoms with Gasteiger partial charge in [-0.05, 0) is 39.4 Å². The SMILES string of the molecule is CN1CCCCC1CCNC(CO)CO. The standard InChI is InChI=1S/C11H24N2O2/c1-13-7-3-2-4-11(13)5-6-12-10(8-14)9-15/h10-12,14-15H,2-9H2,1H3. The smallest absolute Gasteiger partial charge is 0.0607 e. The molecule has 1 unspecified atom stereocenters. The fourth-order valence-electron chi connectivity index (χ4n) is 2.15. The minimum absolute atomic E-state index is 0.0109. The number of nitrogens with zero attached hydrogens (tertiary/aromatic N) is 1. The van der Waals surface area contributed by atoms with Gasteiger partial charge in [0.25, 0.3) is 0 Å². The Balaban J connectivity index is 2.12. The average molecular weight is 216 g/mol. The van der Waals surface area contributed by atoms with Crippen LogP contribution in [0.15, 0.2) is 0 Å². The molecular weight excluding hydrogens is 192 g/mol. The molecule has 1 rings (SSSR count). The van der Waals surface area contributed by atoms with Crippen LogP contribution in [0.3, 0.4) is 0 Å². The van der Waals surface area contributed by atoms with Gasteiger partial charge in [0.05, 0.1) is 19.3 Å². The lowest BCUT2D eigenvalue weighted by Gasteiger charge is -2.32. The molecule has 1 heterocycles. The first-order valence-electron chi connectivity index (χ1n) is 5.93. The molecule has 0 aromatic carbocycles. The Kier molecular flexibility index (Phi) is 6.17. The predicted molar refractivity (Wildman–Crippen MR) is 60.8 cm³/mol. The average Bonchev–Trinajstić information content (AvgIpc) is 2.27. The second-order valence-corrected chi connectivity index (χ2v) is 4.44. The summed E-state index contributed by atoms with van der Waals surface area (Å²) < 4.78 is 0. The van der Waals surface area contributed by atoms with E-state index in [0.717, 1.165) is 13.0 Å². The molecule has 1 fully saturated rings. The first kappa shape index (κ1) is 12.9. The van der Waals surface area contributed by atoms with Crippen LogP contribution in [-0.2, 0) is 0 Å². The van der Waals surface area contributed by atoms with Crippen molar-refractivity contribution in [3.63, 3.8) is 0 Å². The Hall–Kier alpha value is -0.160. The molecular formula is C11H24N2O2. The van der Waals surface area contributed by atoms with E-state index in [1.54, 1.807) is 0 Å². The minimum Gasteiger partial charge on any atom is -0.395 e. The zero-order valence-corrected chi connectivity index (χ0v) is 9.65. The number of hydrogen-bond donors (Lipinski definition) is 3. The van der Waals surface area contributed by atoms with Gasteiger partial charge in [-0.3, -0.25) is 0 Å². The Morgan fingerprint density at radius 1 is 1.33 bits per heavy atom. The Labute approximate surface area is 92.3 Å². The molecule has 0 radical (unpaired) electrons. The molecule has 1 aliphatic rings. The van der Waals surface area contributed by atoms with Gasteiger partial charge >= 0.3 is 0 Å². The second kappa shape index (κ2) is 7.17. The second-order valence-electron chi connectivity index (χ2n) is 4.44. The topological polar surface area (TPSA) is 55.7 Å². The van der Waals surface area contributed by atoms with Crippen LogP contribution >= 0.6 is 0 Å². The monoisotopic (exact) mass is 216 g/mol. The molecule has 0 saturated carbocycles. The van der Waals surface area contributed by atoms with E-state index in [1.807, 2.05) is 0 Å². The van der Waals surface area contributed by atoms with Crippen LogP contribution in [0.5, 0.6) is 0 Å². The Morgan fingerprint density at radius 3 is 2.67 bits per heavy atom. The summed E-state index contributed by atoms with van der Waals surface area (Å²) in [5.41, 5.74) is 0. The largest absolute Gasteiger partial charge is 0.395 e. The molecule has 1 aliphatic heterocycles. The predicted octanol–water partition coefficient (Wildman–Crippen LogP) is -0.196. The van der Waals surface area contributed by atoms with Gasteiger partial charge in [0.15, 0.2) is 0 Å². The normalized spacial score (nSPS) is 23.6. The first-order chi connectivity index (χ1) is 7.27. The fourth-order valence-corrected chi connectivity index (χ4v) is 2.15. The lowest BCUT2D eigenvalue weighted by molar-refractivity contribution is 0.154. The molecule has 4 nitrogen and oxygen atoms in total. The third-order valence-corrected chi connectivity index (χ3v) is 3.27. The zero-order valence-electron chi connectivity index (χ0n) is 9.65. The summed E-state index contributed by atoms with van der Waals surface area (Å²) in [5, 5.41) is 20.9. The molecule has 0 aliphatic carbocycles. The van der Waals surface area contributed by atoms with Crippen LogP contribution < -0.4 is 5.32 Å². The van der Waals surface area contributed by atoms with E-state index in [0.29, 0.717) is 6.04 Å². The summed E-state index contributed by atoms with van der Waals surface area (Å²) >= 11 is 0. The van der Waals surface area contributed by atoms with Gasteiger partial charge in [-0.1, -0.05) is 6.42 Å². The van der Waals surface area contributed by atoms with Crippen molar-refractivity contribution >= 4 is 0 Å². The van der Waals surface area contributed by atoms with E-state index >= 15 is 0 Å². The molecule has 3 N–H and O–H groups in total. The van der Waals surface area contributed by atoms with Crippen molar-refractivity contribution in [2.24, 2.45) is 0 Å². The summed E-state index contributed by atoms with van der Waals surface area (Å²) in [7, 11) is 2.18. The Morgan fingerprint density at radius 2 is 2.07 bits per heavy atom. The van der Waals surface area contributed by atoms with E-state index in [4.69, 9.17) is 10.2 Å². The summed E-state index contributed by atoms with van der Waals surface area (Å²) in [5.74, 6) is 0. The maximum atomic E-state index is 8.88. The van der Waals surface area contributed by atoms with Crippen LogP contribution in [0.4, 0.5) is 0 Å². The van der Waals surface area contributed by atoms with E-state index in [1.165, 1.54) is 25.8 Å². The summed E-state index contributed by atoms with van der Waals surface area (Å²) in [6.45, 7) is 2.10. The molecule has 0 aromatic heterocycles. The van der Waals surface area contributed by atoms with Crippen molar-refractivity contribution in [3.05, 3.63) is 0 Å². The first-order valence-corrected chi connectivity index (χ1v) is 5.93. The molecule has 1 saturated heterocycles. The minimum atomic E-state index is -0.154. The molecule has 0 aromatic rings. The number of piperidine rings is 1. The van der Waals surface area contributed by atoms with Gasteiger partial charge in [0.1, 0.15) is 0 Å². The number of rotatable bonds is 6. The molecule has 4 heteroatoms. The zero-order chi connectivity index (χ0) is 11.1. The van der Waals surface area contributed by atoms with Gasteiger partial charge in [-0.25, -0.2) is 0 Å². The number of aliphatic hydroxyl groups is 2. The van der Waals surface area contributed by atoms with E-state index in [2.05, 4.69) is 17.3 Å². The Bertz CT molecular complexity index is 163. The van der Waals surface area contributed by atoms with E-state index in [9.17, 15) is 0 Å². The van der Waals surface area contributed by atoms with Crippen molar-refractivity contribution in [2.45, 2.75) is 37.8 Å². The van der Waals surface area contributed by atoms with Crippen LogP contribution in [-0.4, -0.2) is 60.5 Å². The van der Waals surface area contributed by atoms with Crippen LogP contribution in [0.1, 0.15) is 25.7 Å². The van der Waals surface area contributed by atoms with Gasteiger partial charge in [0.2, 0.25) is 0 Å². The fraction of sp³-hybridized carbons (Fsp3) is 1.00. The molecule has 90 valence electrons. The van der Waals surface area contributed by atoms with Gasteiger partial charge in [-0.2, -0.15) is 0 Å². The molecule has 1 atom stereocenters. The van der Waals surface area contributed by atoms with Crippen molar-refractivity contribution in [1.29, 1.82) is 0 Å². The maximum Gasteiger partial charge on any atom is 0.0607 e. The number of aliphatic hydroxyl groups excluding tert-OH is 2. The highest BCUT2D eigenvalue weighted by Crippen LogP contribution is 2.16. The summed E-state index contributed by atoms with van der Waals surface area (Å²) in [4.78, 5) is 2.41. The number of likely N-dealkylation sites (tertiary alicyclic amines) is 1. The van der Waals surface area contributed by atoms with Crippen LogP contribution in [0.25, 0.3) is 0 Å².